The van der Waals surface area contributed by atoms with Crippen LogP contribution < -0.4 is 0 Å². The lowest BCUT2D eigenvalue weighted by atomic mass is 10.1. The molecule has 1 fully saturated rings. The van der Waals surface area contributed by atoms with Crippen LogP contribution in [0.2, 0.25) is 0 Å². The second-order valence-electron chi connectivity index (χ2n) is 5.48. The summed E-state index contributed by atoms with van der Waals surface area (Å²) in [5, 5.41) is 0. The Hall–Kier alpha value is -1.91. The highest BCUT2D eigenvalue weighted by molar-refractivity contribution is 8.26. The van der Waals surface area contributed by atoms with Gasteiger partial charge in [-0.05, 0) is 30.5 Å². The fraction of sp³-hybridized carbons (Fsp3) is 0.158. The molecule has 0 unspecified atom stereocenters. The first-order valence-electron chi connectivity index (χ1n) is 7.49. The fourth-order valence-electron chi connectivity index (χ4n) is 2.49. The molecule has 2 aromatic carbocycles. The summed E-state index contributed by atoms with van der Waals surface area (Å²) in [6.07, 6.45) is 2.74. The third kappa shape index (κ3) is 3.89. The van der Waals surface area contributed by atoms with Crippen LogP contribution in [0.15, 0.2) is 59.5 Å². The molecule has 1 aliphatic heterocycles. The Bertz CT molecular complexity index is 768. The van der Waals surface area contributed by atoms with E-state index in [1.165, 1.54) is 22.9 Å². The van der Waals surface area contributed by atoms with Crippen molar-refractivity contribution < 1.29 is 4.79 Å². The molecule has 116 valence electrons. The van der Waals surface area contributed by atoms with Crippen molar-refractivity contribution in [2.75, 3.05) is 6.54 Å². The smallest absolute Gasteiger partial charge is 0.266 e. The Labute approximate surface area is 146 Å². The molecule has 0 bridgehead atoms. The maximum absolute atomic E-state index is 12.6. The zero-order valence-corrected chi connectivity index (χ0v) is 14.5. The van der Waals surface area contributed by atoms with Gasteiger partial charge in [-0.25, -0.2) is 0 Å². The molecule has 0 saturated carbocycles. The van der Waals surface area contributed by atoms with Crippen LogP contribution in [0.3, 0.4) is 0 Å². The van der Waals surface area contributed by atoms with Crippen LogP contribution in [0.1, 0.15) is 16.7 Å². The minimum absolute atomic E-state index is 0.0115. The van der Waals surface area contributed by atoms with Gasteiger partial charge in [0.2, 0.25) is 0 Å². The molecule has 0 aliphatic carbocycles. The SMILES string of the molecule is Cc1cccc(/C=C2\SC(=S)N(CCc3ccccc3)C2=O)c1. The molecule has 2 nitrogen and oxygen atoms in total. The van der Waals surface area contributed by atoms with E-state index in [1.54, 1.807) is 4.90 Å². The normalized spacial score (nSPS) is 16.4. The van der Waals surface area contributed by atoms with Gasteiger partial charge in [0.25, 0.3) is 5.91 Å². The number of thioether (sulfide) groups is 1. The Morgan fingerprint density at radius 1 is 1.13 bits per heavy atom. The Morgan fingerprint density at radius 2 is 1.91 bits per heavy atom. The molecule has 23 heavy (non-hydrogen) atoms. The van der Waals surface area contributed by atoms with E-state index < -0.39 is 0 Å². The van der Waals surface area contributed by atoms with Crippen molar-refractivity contribution in [3.8, 4) is 0 Å². The number of carbonyl (C=O) groups is 1. The van der Waals surface area contributed by atoms with Crippen molar-refractivity contribution in [2.45, 2.75) is 13.3 Å². The molecule has 0 atom stereocenters. The lowest BCUT2D eigenvalue weighted by molar-refractivity contribution is -0.122. The zero-order chi connectivity index (χ0) is 16.2. The number of carbonyl (C=O) groups excluding carboxylic acids is 1. The van der Waals surface area contributed by atoms with Gasteiger partial charge in [0.15, 0.2) is 0 Å². The van der Waals surface area contributed by atoms with E-state index in [0.29, 0.717) is 15.8 Å². The summed E-state index contributed by atoms with van der Waals surface area (Å²) in [7, 11) is 0. The maximum atomic E-state index is 12.6. The highest BCUT2D eigenvalue weighted by atomic mass is 32.2. The largest absolute Gasteiger partial charge is 0.293 e. The number of amides is 1. The molecule has 0 aromatic heterocycles. The summed E-state index contributed by atoms with van der Waals surface area (Å²) in [6, 6.07) is 18.3. The fourth-order valence-corrected chi connectivity index (χ4v) is 3.80. The highest BCUT2D eigenvalue weighted by Gasteiger charge is 2.31. The minimum atomic E-state index is 0.0115. The molecule has 3 rings (SSSR count). The summed E-state index contributed by atoms with van der Waals surface area (Å²) in [6.45, 7) is 2.67. The molecular weight excluding hydrogens is 322 g/mol. The summed E-state index contributed by atoms with van der Waals surface area (Å²) in [5.41, 5.74) is 3.43. The molecule has 0 radical (unpaired) electrons. The van der Waals surface area contributed by atoms with Gasteiger partial charge >= 0.3 is 0 Å². The minimum Gasteiger partial charge on any atom is -0.293 e. The average molecular weight is 339 g/mol. The van der Waals surface area contributed by atoms with Gasteiger partial charge in [-0.2, -0.15) is 0 Å². The van der Waals surface area contributed by atoms with Gasteiger partial charge < -0.3 is 0 Å². The van der Waals surface area contributed by atoms with Crippen molar-refractivity contribution in [3.63, 3.8) is 0 Å². The lowest BCUT2D eigenvalue weighted by Gasteiger charge is -2.14. The van der Waals surface area contributed by atoms with E-state index in [2.05, 4.69) is 18.2 Å². The quantitative estimate of drug-likeness (QED) is 0.607. The Kier molecular flexibility index (Phi) is 4.94. The topological polar surface area (TPSA) is 20.3 Å². The van der Waals surface area contributed by atoms with Gasteiger partial charge in [0, 0.05) is 6.54 Å². The highest BCUT2D eigenvalue weighted by Crippen LogP contribution is 2.32. The number of rotatable bonds is 4. The second kappa shape index (κ2) is 7.11. The van der Waals surface area contributed by atoms with Crippen molar-refractivity contribution >= 4 is 40.3 Å². The summed E-state index contributed by atoms with van der Waals surface area (Å²) >= 11 is 6.77. The first kappa shape index (κ1) is 16.0. The van der Waals surface area contributed by atoms with Gasteiger partial charge in [-0.1, -0.05) is 84.1 Å². The number of hydrogen-bond acceptors (Lipinski definition) is 3. The summed E-state index contributed by atoms with van der Waals surface area (Å²) in [5.74, 6) is 0.0115. The van der Waals surface area contributed by atoms with Crippen LogP contribution >= 0.6 is 24.0 Å². The number of thiocarbonyl (C=S) groups is 1. The van der Waals surface area contributed by atoms with Crippen LogP contribution in [0.5, 0.6) is 0 Å². The van der Waals surface area contributed by atoms with E-state index in [0.717, 1.165) is 12.0 Å². The predicted octanol–water partition coefficient (Wildman–Crippen LogP) is 4.44. The number of nitrogens with zero attached hydrogens (tertiary/aromatic N) is 1. The first-order valence-corrected chi connectivity index (χ1v) is 8.72. The van der Waals surface area contributed by atoms with E-state index >= 15 is 0 Å². The molecule has 0 spiro atoms. The van der Waals surface area contributed by atoms with Crippen LogP contribution in [-0.4, -0.2) is 21.7 Å². The van der Waals surface area contributed by atoms with Crippen LogP contribution in [0, 0.1) is 6.92 Å². The number of aryl methyl sites for hydroxylation is 1. The van der Waals surface area contributed by atoms with Crippen molar-refractivity contribution in [3.05, 3.63) is 76.2 Å². The van der Waals surface area contributed by atoms with Crippen molar-refractivity contribution in [2.24, 2.45) is 0 Å². The van der Waals surface area contributed by atoms with Gasteiger partial charge in [0.05, 0.1) is 4.91 Å². The molecule has 0 N–H and O–H groups in total. The molecule has 1 aliphatic rings. The summed E-state index contributed by atoms with van der Waals surface area (Å²) < 4.78 is 0.643. The molecule has 2 aromatic rings. The van der Waals surface area contributed by atoms with Crippen LogP contribution in [0.4, 0.5) is 0 Å². The molecule has 1 heterocycles. The van der Waals surface area contributed by atoms with Crippen LogP contribution in [0.25, 0.3) is 6.08 Å². The van der Waals surface area contributed by atoms with Gasteiger partial charge in [-0.3, -0.25) is 9.69 Å². The third-order valence-electron chi connectivity index (χ3n) is 3.68. The van der Waals surface area contributed by atoms with Crippen molar-refractivity contribution in [1.82, 2.24) is 4.90 Å². The molecule has 1 saturated heterocycles. The second-order valence-corrected chi connectivity index (χ2v) is 7.16. The lowest BCUT2D eigenvalue weighted by Crippen LogP contribution is -2.30. The van der Waals surface area contributed by atoms with Gasteiger partial charge in [0.1, 0.15) is 4.32 Å². The third-order valence-corrected chi connectivity index (χ3v) is 5.06. The Morgan fingerprint density at radius 3 is 2.65 bits per heavy atom. The predicted molar refractivity (Wildman–Crippen MR) is 101 cm³/mol. The van der Waals surface area contributed by atoms with E-state index in [4.69, 9.17) is 12.2 Å². The number of hydrogen-bond donors (Lipinski definition) is 0. The Balaban J connectivity index is 1.72. The number of benzene rings is 2. The zero-order valence-electron chi connectivity index (χ0n) is 12.9. The summed E-state index contributed by atoms with van der Waals surface area (Å²) in [4.78, 5) is 15.0. The van der Waals surface area contributed by atoms with Crippen LogP contribution in [-0.2, 0) is 11.2 Å². The van der Waals surface area contributed by atoms with E-state index in [-0.39, 0.29) is 5.91 Å². The van der Waals surface area contributed by atoms with Crippen molar-refractivity contribution in [1.29, 1.82) is 0 Å². The van der Waals surface area contributed by atoms with Gasteiger partial charge in [-0.15, -0.1) is 0 Å². The monoisotopic (exact) mass is 339 g/mol. The first-order chi connectivity index (χ1) is 11.1. The van der Waals surface area contributed by atoms with E-state index in [9.17, 15) is 4.79 Å². The van der Waals surface area contributed by atoms with E-state index in [1.807, 2.05) is 49.4 Å². The molecule has 4 heteroatoms. The molecule has 1 amide bonds. The average Bonchev–Trinajstić information content (AvgIpc) is 2.80. The molecular formula is C19H17NOS2. The maximum Gasteiger partial charge on any atom is 0.266 e. The standard InChI is InChI=1S/C19H17NOS2/c1-14-6-5-9-16(12-14)13-17-18(21)20(19(22)23-17)11-10-15-7-3-2-4-8-15/h2-9,12-13H,10-11H2,1H3/b17-13-.